The van der Waals surface area contributed by atoms with Crippen LogP contribution >= 0.6 is 0 Å². The molecule has 0 radical (unpaired) electrons. The molecule has 3 heteroatoms. The van der Waals surface area contributed by atoms with E-state index in [0.717, 1.165) is 6.42 Å². The zero-order valence-corrected chi connectivity index (χ0v) is 7.01. The van der Waals surface area contributed by atoms with Gasteiger partial charge in [-0.25, -0.2) is 0 Å². The van der Waals surface area contributed by atoms with Crippen molar-refractivity contribution in [1.82, 2.24) is 0 Å². The van der Waals surface area contributed by atoms with Crippen molar-refractivity contribution in [3.8, 4) is 0 Å². The fourth-order valence-electron chi connectivity index (χ4n) is 0.654. The zero-order valence-electron chi connectivity index (χ0n) is 7.01. The van der Waals surface area contributed by atoms with E-state index < -0.39 is 5.60 Å². The summed E-state index contributed by atoms with van der Waals surface area (Å²) in [5.41, 5.74) is 0.201. The second-order valence-corrected chi connectivity index (χ2v) is 2.47. The van der Waals surface area contributed by atoms with Gasteiger partial charge in [0, 0.05) is 7.11 Å². The van der Waals surface area contributed by atoms with E-state index in [0.29, 0.717) is 5.71 Å². The smallest absolute Gasteiger partial charge is 0.106 e. The van der Waals surface area contributed by atoms with Gasteiger partial charge in [-0.05, 0) is 20.3 Å². The molecule has 0 aromatic heterocycles. The highest BCUT2D eigenvalue weighted by molar-refractivity contribution is 5.89. The lowest BCUT2D eigenvalue weighted by Gasteiger charge is -2.24. The Labute approximate surface area is 61.7 Å². The highest BCUT2D eigenvalue weighted by Gasteiger charge is 2.25. The molecular formula is C7H15NO2. The predicted molar refractivity (Wildman–Crippen MR) is 40.6 cm³/mol. The van der Waals surface area contributed by atoms with Crippen molar-refractivity contribution in [2.24, 2.45) is 5.16 Å². The topological polar surface area (TPSA) is 41.8 Å². The summed E-state index contributed by atoms with van der Waals surface area (Å²) in [5, 5.41) is 11.5. The molecule has 10 heavy (non-hydrogen) atoms. The van der Waals surface area contributed by atoms with Crippen LogP contribution in [0.15, 0.2) is 5.16 Å². The first-order valence-electron chi connectivity index (χ1n) is 3.35. The number of rotatable bonds is 3. The molecule has 0 saturated heterocycles. The van der Waals surface area contributed by atoms with Crippen molar-refractivity contribution in [2.45, 2.75) is 32.8 Å². The van der Waals surface area contributed by atoms with Gasteiger partial charge in [-0.15, -0.1) is 0 Å². The van der Waals surface area contributed by atoms with Crippen LogP contribution in [-0.4, -0.2) is 23.6 Å². The Balaban J connectivity index is 4.32. The Hall–Kier alpha value is -0.570. The summed E-state index contributed by atoms with van der Waals surface area (Å²) in [4.78, 5) is 0. The molecule has 0 amide bonds. The first-order chi connectivity index (χ1) is 4.60. The third-order valence-corrected chi connectivity index (χ3v) is 2.04. The third-order valence-electron chi connectivity index (χ3n) is 2.04. The highest BCUT2D eigenvalue weighted by Crippen LogP contribution is 2.15. The molecule has 0 aliphatic heterocycles. The summed E-state index contributed by atoms with van der Waals surface area (Å²) in [5.74, 6) is 0. The Morgan fingerprint density at radius 2 is 2.20 bits per heavy atom. The standard InChI is InChI=1S/C7H15NO2/c1-5-7(3,10-4)6(2)8-9/h9H,5H2,1-4H3/b8-6+. The summed E-state index contributed by atoms with van der Waals surface area (Å²) >= 11 is 0. The van der Waals surface area contributed by atoms with Gasteiger partial charge in [-0.2, -0.15) is 0 Å². The van der Waals surface area contributed by atoms with Gasteiger partial charge in [0.05, 0.1) is 5.71 Å². The van der Waals surface area contributed by atoms with E-state index in [2.05, 4.69) is 5.16 Å². The first kappa shape index (κ1) is 9.43. The van der Waals surface area contributed by atoms with E-state index in [4.69, 9.17) is 9.94 Å². The zero-order chi connectivity index (χ0) is 8.20. The fourth-order valence-corrected chi connectivity index (χ4v) is 0.654. The molecule has 0 fully saturated rings. The normalized spacial score (nSPS) is 18.6. The molecule has 3 nitrogen and oxygen atoms in total. The van der Waals surface area contributed by atoms with Crippen molar-refractivity contribution in [2.75, 3.05) is 7.11 Å². The van der Waals surface area contributed by atoms with E-state index in [-0.39, 0.29) is 0 Å². The van der Waals surface area contributed by atoms with E-state index in [9.17, 15) is 0 Å². The summed E-state index contributed by atoms with van der Waals surface area (Å²) in [6.07, 6.45) is 0.805. The quantitative estimate of drug-likeness (QED) is 0.372. The molecule has 0 rings (SSSR count). The van der Waals surface area contributed by atoms with Crippen LogP contribution in [0.5, 0.6) is 0 Å². The van der Waals surface area contributed by atoms with Crippen LogP contribution in [0.1, 0.15) is 27.2 Å². The number of hydrogen-bond donors (Lipinski definition) is 1. The SMILES string of the molecule is CCC(C)(OC)/C(C)=N/O. The second-order valence-electron chi connectivity index (χ2n) is 2.47. The Bertz CT molecular complexity index is 128. The van der Waals surface area contributed by atoms with Gasteiger partial charge in [-0.1, -0.05) is 12.1 Å². The fraction of sp³-hybridized carbons (Fsp3) is 0.857. The average Bonchev–Trinajstić information content (AvgIpc) is 2.01. The summed E-state index contributed by atoms with van der Waals surface area (Å²) in [7, 11) is 1.61. The van der Waals surface area contributed by atoms with Gasteiger partial charge in [-0.3, -0.25) is 0 Å². The second kappa shape index (κ2) is 3.56. The number of hydrogen-bond acceptors (Lipinski definition) is 3. The molecule has 0 aromatic carbocycles. The number of nitrogens with zero attached hydrogens (tertiary/aromatic N) is 1. The maximum atomic E-state index is 8.44. The largest absolute Gasteiger partial charge is 0.411 e. The van der Waals surface area contributed by atoms with Crippen LogP contribution in [0, 0.1) is 0 Å². The maximum absolute atomic E-state index is 8.44. The van der Waals surface area contributed by atoms with Crippen molar-refractivity contribution in [1.29, 1.82) is 0 Å². The maximum Gasteiger partial charge on any atom is 0.106 e. The molecule has 1 atom stereocenters. The summed E-state index contributed by atoms with van der Waals surface area (Å²) in [6.45, 7) is 5.62. The van der Waals surface area contributed by atoms with Crippen molar-refractivity contribution in [3.05, 3.63) is 0 Å². The van der Waals surface area contributed by atoms with Crippen LogP contribution in [0.2, 0.25) is 0 Å². The highest BCUT2D eigenvalue weighted by atomic mass is 16.5. The molecule has 0 bridgehead atoms. The Kier molecular flexibility index (Phi) is 3.36. The van der Waals surface area contributed by atoms with Crippen LogP contribution in [-0.2, 0) is 4.74 Å². The Morgan fingerprint density at radius 3 is 2.30 bits per heavy atom. The van der Waals surface area contributed by atoms with E-state index in [1.54, 1.807) is 14.0 Å². The molecule has 1 N–H and O–H groups in total. The summed E-state index contributed by atoms with van der Waals surface area (Å²) < 4.78 is 5.15. The van der Waals surface area contributed by atoms with Crippen molar-refractivity contribution < 1.29 is 9.94 Å². The third kappa shape index (κ3) is 1.70. The number of oxime groups is 1. The summed E-state index contributed by atoms with van der Waals surface area (Å²) in [6, 6.07) is 0. The number of ether oxygens (including phenoxy) is 1. The molecule has 0 aromatic rings. The average molecular weight is 145 g/mol. The molecule has 60 valence electrons. The molecule has 0 saturated carbocycles. The lowest BCUT2D eigenvalue weighted by atomic mass is 9.98. The molecule has 1 unspecified atom stereocenters. The van der Waals surface area contributed by atoms with Crippen LogP contribution in [0.4, 0.5) is 0 Å². The van der Waals surface area contributed by atoms with Gasteiger partial charge in [0.1, 0.15) is 5.60 Å². The van der Waals surface area contributed by atoms with Crippen molar-refractivity contribution >= 4 is 5.71 Å². The molecule has 0 heterocycles. The van der Waals surface area contributed by atoms with Crippen LogP contribution < -0.4 is 0 Å². The van der Waals surface area contributed by atoms with Crippen LogP contribution in [0.3, 0.4) is 0 Å². The Morgan fingerprint density at radius 1 is 1.70 bits per heavy atom. The van der Waals surface area contributed by atoms with Crippen LogP contribution in [0.25, 0.3) is 0 Å². The minimum atomic E-state index is -0.408. The van der Waals surface area contributed by atoms with Gasteiger partial charge in [0.2, 0.25) is 0 Å². The van der Waals surface area contributed by atoms with Gasteiger partial charge in [0.25, 0.3) is 0 Å². The van der Waals surface area contributed by atoms with Gasteiger partial charge in [0.15, 0.2) is 0 Å². The van der Waals surface area contributed by atoms with Gasteiger partial charge >= 0.3 is 0 Å². The van der Waals surface area contributed by atoms with Crippen molar-refractivity contribution in [3.63, 3.8) is 0 Å². The molecule has 0 aliphatic rings. The monoisotopic (exact) mass is 145 g/mol. The lowest BCUT2D eigenvalue weighted by Crippen LogP contribution is -2.34. The minimum Gasteiger partial charge on any atom is -0.411 e. The first-order valence-corrected chi connectivity index (χ1v) is 3.35. The molecule has 0 spiro atoms. The molecular weight excluding hydrogens is 130 g/mol. The predicted octanol–water partition coefficient (Wildman–Crippen LogP) is 1.65. The van der Waals surface area contributed by atoms with E-state index in [1.807, 2.05) is 13.8 Å². The van der Waals surface area contributed by atoms with E-state index >= 15 is 0 Å². The lowest BCUT2D eigenvalue weighted by molar-refractivity contribution is 0.0596. The molecule has 0 aliphatic carbocycles. The number of methoxy groups -OCH3 is 1. The van der Waals surface area contributed by atoms with E-state index in [1.165, 1.54) is 0 Å². The minimum absolute atomic E-state index is 0.408. The van der Waals surface area contributed by atoms with Gasteiger partial charge < -0.3 is 9.94 Å².